The average molecular weight is 284 g/mol. The van der Waals surface area contributed by atoms with E-state index in [-0.39, 0.29) is 12.1 Å². The molecule has 0 saturated carbocycles. The predicted octanol–water partition coefficient (Wildman–Crippen LogP) is 3.22. The number of methoxy groups -OCH3 is 1. The highest BCUT2D eigenvalue weighted by Gasteiger charge is 2.21. The van der Waals surface area contributed by atoms with Gasteiger partial charge in [0.05, 0.1) is 7.11 Å². The summed E-state index contributed by atoms with van der Waals surface area (Å²) in [6.07, 6.45) is 0. The standard InChI is InChI=1S/C18H24N2O/c1-14(19)18(16-10-7-11-17(12-16)21-3)20(2)13-15-8-5-4-6-9-15/h4-12,14,18H,13,19H2,1-3H3. The fraction of sp³-hybridized carbons (Fsp3) is 0.333. The fourth-order valence-corrected chi connectivity index (χ4v) is 2.75. The molecule has 3 heteroatoms. The van der Waals surface area contributed by atoms with Crippen molar-refractivity contribution in [1.29, 1.82) is 0 Å². The van der Waals surface area contributed by atoms with Crippen molar-refractivity contribution in [3.63, 3.8) is 0 Å². The first-order valence-electron chi connectivity index (χ1n) is 7.25. The van der Waals surface area contributed by atoms with Gasteiger partial charge in [0.1, 0.15) is 5.75 Å². The van der Waals surface area contributed by atoms with Crippen LogP contribution in [-0.4, -0.2) is 25.1 Å². The molecule has 2 aromatic carbocycles. The number of nitrogens with zero attached hydrogens (tertiary/aromatic N) is 1. The molecular formula is C18H24N2O. The van der Waals surface area contributed by atoms with Crippen LogP contribution in [-0.2, 0) is 6.54 Å². The Morgan fingerprint density at radius 3 is 2.43 bits per heavy atom. The van der Waals surface area contributed by atoms with E-state index in [1.807, 2.05) is 25.1 Å². The van der Waals surface area contributed by atoms with Gasteiger partial charge in [-0.3, -0.25) is 4.90 Å². The van der Waals surface area contributed by atoms with Crippen molar-refractivity contribution >= 4 is 0 Å². The Hall–Kier alpha value is -1.84. The van der Waals surface area contributed by atoms with Crippen molar-refractivity contribution in [2.45, 2.75) is 25.6 Å². The summed E-state index contributed by atoms with van der Waals surface area (Å²) in [5.41, 5.74) is 8.70. The molecule has 0 spiro atoms. The Kier molecular flexibility index (Phi) is 5.37. The lowest BCUT2D eigenvalue weighted by atomic mass is 9.98. The lowest BCUT2D eigenvalue weighted by Crippen LogP contribution is -2.36. The van der Waals surface area contributed by atoms with Gasteiger partial charge >= 0.3 is 0 Å². The van der Waals surface area contributed by atoms with E-state index in [0.717, 1.165) is 12.3 Å². The van der Waals surface area contributed by atoms with Gasteiger partial charge < -0.3 is 10.5 Å². The second-order valence-electron chi connectivity index (χ2n) is 5.48. The largest absolute Gasteiger partial charge is 0.497 e. The molecule has 112 valence electrons. The van der Waals surface area contributed by atoms with Gasteiger partial charge in [0.2, 0.25) is 0 Å². The normalized spacial score (nSPS) is 14.0. The van der Waals surface area contributed by atoms with E-state index in [4.69, 9.17) is 10.5 Å². The molecular weight excluding hydrogens is 260 g/mol. The summed E-state index contributed by atoms with van der Waals surface area (Å²) in [4.78, 5) is 2.29. The Labute approximate surface area is 127 Å². The third-order valence-electron chi connectivity index (χ3n) is 3.68. The van der Waals surface area contributed by atoms with E-state index in [1.54, 1.807) is 7.11 Å². The van der Waals surface area contributed by atoms with Gasteiger partial charge in [-0.2, -0.15) is 0 Å². The molecule has 0 saturated heterocycles. The van der Waals surface area contributed by atoms with Crippen molar-refractivity contribution < 1.29 is 4.74 Å². The predicted molar refractivity (Wildman–Crippen MR) is 87.3 cm³/mol. The highest BCUT2D eigenvalue weighted by atomic mass is 16.5. The van der Waals surface area contributed by atoms with E-state index in [0.29, 0.717) is 0 Å². The number of nitrogens with two attached hydrogens (primary N) is 1. The second kappa shape index (κ2) is 7.25. The molecule has 2 N–H and O–H groups in total. The molecule has 0 amide bonds. The quantitative estimate of drug-likeness (QED) is 0.885. The summed E-state index contributed by atoms with van der Waals surface area (Å²) in [6, 6.07) is 18.8. The average Bonchev–Trinajstić information content (AvgIpc) is 2.48. The summed E-state index contributed by atoms with van der Waals surface area (Å²) in [5.74, 6) is 0.867. The van der Waals surface area contributed by atoms with Gasteiger partial charge in [0.15, 0.2) is 0 Å². The molecule has 21 heavy (non-hydrogen) atoms. The van der Waals surface area contributed by atoms with Crippen LogP contribution >= 0.6 is 0 Å². The smallest absolute Gasteiger partial charge is 0.119 e. The summed E-state index contributed by atoms with van der Waals surface area (Å²) in [6.45, 7) is 2.91. The topological polar surface area (TPSA) is 38.5 Å². The third-order valence-corrected chi connectivity index (χ3v) is 3.68. The molecule has 0 aliphatic heterocycles. The zero-order valence-electron chi connectivity index (χ0n) is 13.0. The third kappa shape index (κ3) is 4.06. The number of benzene rings is 2. The van der Waals surface area contributed by atoms with Crippen molar-refractivity contribution in [2.75, 3.05) is 14.2 Å². The van der Waals surface area contributed by atoms with Crippen LogP contribution in [0.5, 0.6) is 5.75 Å². The van der Waals surface area contributed by atoms with Gasteiger partial charge in [-0.15, -0.1) is 0 Å². The van der Waals surface area contributed by atoms with Gasteiger partial charge in [0.25, 0.3) is 0 Å². The molecule has 0 aliphatic carbocycles. The van der Waals surface area contributed by atoms with Crippen LogP contribution in [0.15, 0.2) is 54.6 Å². The van der Waals surface area contributed by atoms with E-state index in [9.17, 15) is 0 Å². The second-order valence-corrected chi connectivity index (χ2v) is 5.48. The SMILES string of the molecule is COc1cccc(C(C(C)N)N(C)Cc2ccccc2)c1. The summed E-state index contributed by atoms with van der Waals surface area (Å²) >= 11 is 0. The monoisotopic (exact) mass is 284 g/mol. The molecule has 0 heterocycles. The molecule has 0 aromatic heterocycles. The molecule has 2 rings (SSSR count). The van der Waals surface area contributed by atoms with Crippen LogP contribution in [0.3, 0.4) is 0 Å². The summed E-state index contributed by atoms with van der Waals surface area (Å²) < 4.78 is 5.32. The maximum Gasteiger partial charge on any atom is 0.119 e. The van der Waals surface area contributed by atoms with E-state index in [2.05, 4.69) is 48.3 Å². The summed E-state index contributed by atoms with van der Waals surface area (Å²) in [5, 5.41) is 0. The molecule has 2 atom stereocenters. The molecule has 0 radical (unpaired) electrons. The Morgan fingerprint density at radius 2 is 1.81 bits per heavy atom. The first-order chi connectivity index (χ1) is 10.1. The number of ether oxygens (including phenoxy) is 1. The van der Waals surface area contributed by atoms with E-state index >= 15 is 0 Å². The van der Waals surface area contributed by atoms with E-state index < -0.39 is 0 Å². The molecule has 2 unspecified atom stereocenters. The van der Waals surface area contributed by atoms with Gasteiger partial charge in [-0.25, -0.2) is 0 Å². The minimum Gasteiger partial charge on any atom is -0.497 e. The maximum absolute atomic E-state index is 6.23. The number of likely N-dealkylation sites (N-methyl/N-ethyl adjacent to an activating group) is 1. The first kappa shape index (κ1) is 15.5. The zero-order chi connectivity index (χ0) is 15.2. The molecule has 3 nitrogen and oxygen atoms in total. The lowest BCUT2D eigenvalue weighted by Gasteiger charge is -2.31. The zero-order valence-corrected chi connectivity index (χ0v) is 13.0. The van der Waals surface area contributed by atoms with Crippen LogP contribution in [0.25, 0.3) is 0 Å². The lowest BCUT2D eigenvalue weighted by molar-refractivity contribution is 0.210. The first-order valence-corrected chi connectivity index (χ1v) is 7.25. The Bertz CT molecular complexity index is 554. The van der Waals surface area contributed by atoms with Crippen LogP contribution in [0.1, 0.15) is 24.1 Å². The molecule has 0 aliphatic rings. The van der Waals surface area contributed by atoms with Crippen LogP contribution in [0.2, 0.25) is 0 Å². The Morgan fingerprint density at radius 1 is 1.10 bits per heavy atom. The highest BCUT2D eigenvalue weighted by Crippen LogP contribution is 2.26. The Balaban J connectivity index is 2.21. The highest BCUT2D eigenvalue weighted by molar-refractivity contribution is 5.31. The van der Waals surface area contributed by atoms with Crippen molar-refractivity contribution in [3.8, 4) is 5.75 Å². The minimum absolute atomic E-state index is 0.0332. The van der Waals surface area contributed by atoms with E-state index in [1.165, 1.54) is 11.1 Å². The van der Waals surface area contributed by atoms with Gasteiger partial charge in [-0.1, -0.05) is 42.5 Å². The molecule has 2 aromatic rings. The van der Waals surface area contributed by atoms with Gasteiger partial charge in [-0.05, 0) is 37.2 Å². The van der Waals surface area contributed by atoms with Crippen LogP contribution < -0.4 is 10.5 Å². The van der Waals surface area contributed by atoms with Crippen molar-refractivity contribution in [1.82, 2.24) is 4.90 Å². The van der Waals surface area contributed by atoms with Crippen LogP contribution in [0, 0.1) is 0 Å². The van der Waals surface area contributed by atoms with Crippen LogP contribution in [0.4, 0.5) is 0 Å². The number of rotatable bonds is 6. The molecule has 0 bridgehead atoms. The molecule has 0 fully saturated rings. The minimum atomic E-state index is 0.0332. The fourth-order valence-electron chi connectivity index (χ4n) is 2.75. The summed E-state index contributed by atoms with van der Waals surface area (Å²) in [7, 11) is 3.80. The number of hydrogen-bond acceptors (Lipinski definition) is 3. The number of hydrogen-bond donors (Lipinski definition) is 1. The van der Waals surface area contributed by atoms with Crippen molar-refractivity contribution in [3.05, 3.63) is 65.7 Å². The maximum atomic E-state index is 6.23. The van der Waals surface area contributed by atoms with Gasteiger partial charge in [0, 0.05) is 18.6 Å². The van der Waals surface area contributed by atoms with Crippen molar-refractivity contribution in [2.24, 2.45) is 5.73 Å².